The van der Waals surface area contributed by atoms with Crippen molar-refractivity contribution in [2.24, 2.45) is 0 Å². The van der Waals surface area contributed by atoms with Crippen LogP contribution in [0.4, 0.5) is 0 Å². The number of aliphatic hydroxyl groups is 1. The number of ether oxygens (including phenoxy) is 1. The maximum Gasteiger partial charge on any atom is 0.253 e. The Balaban J connectivity index is 1.75. The van der Waals surface area contributed by atoms with Gasteiger partial charge >= 0.3 is 0 Å². The van der Waals surface area contributed by atoms with Crippen molar-refractivity contribution in [2.75, 3.05) is 13.1 Å². The fourth-order valence-corrected chi connectivity index (χ4v) is 2.95. The minimum Gasteiger partial charge on any atom is -0.390 e. The molecule has 1 atom stereocenters. The van der Waals surface area contributed by atoms with E-state index in [2.05, 4.69) is 0 Å². The summed E-state index contributed by atoms with van der Waals surface area (Å²) in [6.45, 7) is 4.46. The molecule has 2 aliphatic heterocycles. The first-order valence-electron chi connectivity index (χ1n) is 7.26. The van der Waals surface area contributed by atoms with Crippen molar-refractivity contribution < 1.29 is 14.6 Å². The second kappa shape index (κ2) is 5.19. The van der Waals surface area contributed by atoms with Gasteiger partial charge in [-0.3, -0.25) is 4.79 Å². The molecule has 0 saturated carbocycles. The van der Waals surface area contributed by atoms with Crippen molar-refractivity contribution in [1.82, 2.24) is 4.90 Å². The summed E-state index contributed by atoms with van der Waals surface area (Å²) < 4.78 is 5.38. The highest BCUT2D eigenvalue weighted by molar-refractivity contribution is 5.94. The van der Waals surface area contributed by atoms with E-state index >= 15 is 0 Å². The van der Waals surface area contributed by atoms with E-state index in [1.54, 1.807) is 0 Å². The van der Waals surface area contributed by atoms with Gasteiger partial charge in [0.2, 0.25) is 0 Å². The first-order chi connectivity index (χ1) is 9.55. The number of hydrogen-bond acceptors (Lipinski definition) is 3. The van der Waals surface area contributed by atoms with Crippen LogP contribution in [0.1, 0.15) is 47.7 Å². The van der Waals surface area contributed by atoms with Crippen molar-refractivity contribution in [2.45, 2.75) is 45.0 Å². The first-order valence-corrected chi connectivity index (χ1v) is 7.26. The average Bonchev–Trinajstić information content (AvgIpc) is 2.81. The van der Waals surface area contributed by atoms with Gasteiger partial charge in [0.1, 0.15) is 0 Å². The minimum absolute atomic E-state index is 0.0670. The monoisotopic (exact) mass is 275 g/mol. The maximum atomic E-state index is 12.6. The summed E-state index contributed by atoms with van der Waals surface area (Å²) in [5.41, 5.74) is 2.40. The van der Waals surface area contributed by atoms with Crippen LogP contribution in [0.2, 0.25) is 0 Å². The smallest absolute Gasteiger partial charge is 0.253 e. The van der Waals surface area contributed by atoms with E-state index < -0.39 is 5.60 Å². The van der Waals surface area contributed by atoms with Gasteiger partial charge in [0.05, 0.1) is 18.8 Å². The van der Waals surface area contributed by atoms with E-state index in [0.717, 1.165) is 30.5 Å². The summed E-state index contributed by atoms with van der Waals surface area (Å²) in [6.07, 6.45) is 2.26. The molecule has 0 spiro atoms. The molecule has 4 heteroatoms. The molecule has 1 fully saturated rings. The summed E-state index contributed by atoms with van der Waals surface area (Å²) in [6, 6.07) is 5.83. The Morgan fingerprint density at radius 2 is 2.05 bits per heavy atom. The number of nitrogens with zero attached hydrogens (tertiary/aromatic N) is 1. The Morgan fingerprint density at radius 1 is 1.25 bits per heavy atom. The van der Waals surface area contributed by atoms with Gasteiger partial charge in [-0.15, -0.1) is 0 Å². The highest BCUT2D eigenvalue weighted by Crippen LogP contribution is 2.24. The highest BCUT2D eigenvalue weighted by Gasteiger charge is 2.27. The molecule has 0 aromatic heterocycles. The van der Waals surface area contributed by atoms with Gasteiger partial charge in [-0.2, -0.15) is 0 Å². The van der Waals surface area contributed by atoms with Crippen LogP contribution in [0, 0.1) is 0 Å². The summed E-state index contributed by atoms with van der Waals surface area (Å²) >= 11 is 0. The molecule has 4 nitrogen and oxygen atoms in total. The van der Waals surface area contributed by atoms with Gasteiger partial charge in [-0.1, -0.05) is 6.07 Å². The lowest BCUT2D eigenvalue weighted by Crippen LogP contribution is -2.33. The number of likely N-dealkylation sites (tertiary alicyclic amines) is 1. The van der Waals surface area contributed by atoms with Gasteiger partial charge in [-0.25, -0.2) is 0 Å². The molecule has 108 valence electrons. The number of amides is 1. The Hall–Kier alpha value is -1.39. The largest absolute Gasteiger partial charge is 0.390 e. The van der Waals surface area contributed by atoms with Crippen molar-refractivity contribution in [3.05, 3.63) is 34.9 Å². The molecule has 1 aromatic carbocycles. The molecule has 1 N–H and O–H groups in total. The zero-order valence-corrected chi connectivity index (χ0v) is 11.9. The summed E-state index contributed by atoms with van der Waals surface area (Å²) in [7, 11) is 0. The SMILES string of the molecule is CC1(O)CCCN(C(=O)c2ccc3c(c2)COC3)CC1. The molecule has 1 aromatic rings. The van der Waals surface area contributed by atoms with E-state index in [0.29, 0.717) is 26.2 Å². The van der Waals surface area contributed by atoms with Crippen LogP contribution < -0.4 is 0 Å². The number of benzene rings is 1. The van der Waals surface area contributed by atoms with Crippen molar-refractivity contribution in [3.63, 3.8) is 0 Å². The predicted molar refractivity (Wildman–Crippen MR) is 75.3 cm³/mol. The van der Waals surface area contributed by atoms with Crippen molar-refractivity contribution in [1.29, 1.82) is 0 Å². The second-order valence-corrected chi connectivity index (χ2v) is 6.12. The molecular formula is C16H21NO3. The summed E-state index contributed by atoms with van der Waals surface area (Å²) in [5, 5.41) is 10.1. The molecule has 0 aliphatic carbocycles. The van der Waals surface area contributed by atoms with Crippen LogP contribution >= 0.6 is 0 Å². The van der Waals surface area contributed by atoms with E-state index in [1.807, 2.05) is 30.0 Å². The highest BCUT2D eigenvalue weighted by atomic mass is 16.5. The quantitative estimate of drug-likeness (QED) is 0.854. The number of carbonyl (C=O) groups is 1. The lowest BCUT2D eigenvalue weighted by Gasteiger charge is -2.22. The van der Waals surface area contributed by atoms with E-state index in [9.17, 15) is 9.90 Å². The Morgan fingerprint density at radius 3 is 2.90 bits per heavy atom. The molecule has 2 heterocycles. The number of hydrogen-bond donors (Lipinski definition) is 1. The Bertz CT molecular complexity index is 524. The molecule has 0 bridgehead atoms. The predicted octanol–water partition coefficient (Wildman–Crippen LogP) is 2.09. The van der Waals surface area contributed by atoms with Gasteiger partial charge in [-0.05, 0) is 49.4 Å². The fraction of sp³-hybridized carbons (Fsp3) is 0.562. The van der Waals surface area contributed by atoms with E-state index in [4.69, 9.17) is 4.74 Å². The minimum atomic E-state index is -0.638. The van der Waals surface area contributed by atoms with Gasteiger partial charge < -0.3 is 14.7 Å². The molecule has 0 radical (unpaired) electrons. The normalized spacial score (nSPS) is 26.2. The summed E-state index contributed by atoms with van der Waals surface area (Å²) in [5.74, 6) is 0.0670. The number of fused-ring (bicyclic) bond motifs is 1. The van der Waals surface area contributed by atoms with E-state index in [-0.39, 0.29) is 5.91 Å². The van der Waals surface area contributed by atoms with Crippen LogP contribution in [0.3, 0.4) is 0 Å². The maximum absolute atomic E-state index is 12.6. The second-order valence-electron chi connectivity index (χ2n) is 6.12. The molecule has 1 unspecified atom stereocenters. The molecule has 2 aliphatic rings. The number of carbonyl (C=O) groups excluding carboxylic acids is 1. The molecule has 20 heavy (non-hydrogen) atoms. The van der Waals surface area contributed by atoms with Crippen molar-refractivity contribution >= 4 is 5.91 Å². The third-order valence-electron chi connectivity index (χ3n) is 4.32. The third kappa shape index (κ3) is 2.72. The van der Waals surface area contributed by atoms with Crippen LogP contribution in [-0.2, 0) is 18.0 Å². The molecule has 1 saturated heterocycles. The third-order valence-corrected chi connectivity index (χ3v) is 4.32. The van der Waals surface area contributed by atoms with Crippen LogP contribution in [0.15, 0.2) is 18.2 Å². The topological polar surface area (TPSA) is 49.8 Å². The van der Waals surface area contributed by atoms with Gasteiger partial charge in [0, 0.05) is 18.7 Å². The van der Waals surface area contributed by atoms with Gasteiger partial charge in [0.25, 0.3) is 5.91 Å². The number of rotatable bonds is 1. The van der Waals surface area contributed by atoms with Crippen LogP contribution in [-0.4, -0.2) is 34.6 Å². The van der Waals surface area contributed by atoms with Crippen LogP contribution in [0.5, 0.6) is 0 Å². The average molecular weight is 275 g/mol. The van der Waals surface area contributed by atoms with Crippen LogP contribution in [0.25, 0.3) is 0 Å². The summed E-state index contributed by atoms with van der Waals surface area (Å²) in [4.78, 5) is 14.4. The zero-order chi connectivity index (χ0) is 14.2. The Labute approximate surface area is 119 Å². The lowest BCUT2D eigenvalue weighted by atomic mass is 9.98. The zero-order valence-electron chi connectivity index (χ0n) is 11.9. The lowest BCUT2D eigenvalue weighted by molar-refractivity contribution is 0.0438. The fourth-order valence-electron chi connectivity index (χ4n) is 2.95. The standard InChI is InChI=1S/C16H21NO3/c1-16(19)5-2-7-17(8-6-16)15(18)12-3-4-13-10-20-11-14(13)9-12/h3-4,9,19H,2,5-8,10-11H2,1H3. The molecule has 3 rings (SSSR count). The van der Waals surface area contributed by atoms with Crippen molar-refractivity contribution in [3.8, 4) is 0 Å². The molecular weight excluding hydrogens is 254 g/mol. The van der Waals surface area contributed by atoms with E-state index in [1.165, 1.54) is 5.56 Å². The van der Waals surface area contributed by atoms with Gasteiger partial charge in [0.15, 0.2) is 0 Å². The first kappa shape index (κ1) is 13.6. The molecule has 1 amide bonds. The Kier molecular flexibility index (Phi) is 3.52.